The highest BCUT2D eigenvalue weighted by molar-refractivity contribution is 14.1. The van der Waals surface area contributed by atoms with Crippen molar-refractivity contribution in [2.45, 2.75) is 98.1 Å². The van der Waals surface area contributed by atoms with Crippen LogP contribution in [0.25, 0.3) is 0 Å². The van der Waals surface area contributed by atoms with E-state index in [1.54, 1.807) is 0 Å². The van der Waals surface area contributed by atoms with Crippen molar-refractivity contribution in [3.05, 3.63) is 21.3 Å². The van der Waals surface area contributed by atoms with Crippen molar-refractivity contribution in [2.75, 3.05) is 14.2 Å². The lowest BCUT2D eigenvalue weighted by molar-refractivity contribution is -0.149. The van der Waals surface area contributed by atoms with Gasteiger partial charge in [0.2, 0.25) is 0 Å². The summed E-state index contributed by atoms with van der Waals surface area (Å²) in [7, 11) is 1.10. The molecule has 0 aliphatic heterocycles. The zero-order chi connectivity index (χ0) is 23.5. The van der Waals surface area contributed by atoms with Gasteiger partial charge in [-0.1, -0.05) is 75.3 Å². The first-order valence-electron chi connectivity index (χ1n) is 11.2. The molecule has 6 heteroatoms. The summed E-state index contributed by atoms with van der Waals surface area (Å²) >= 11 is 2.33. The Kier molecular flexibility index (Phi) is 14.7. The molecule has 0 heterocycles. The number of carbonyl (C=O) groups excluding carboxylic acids is 1. The van der Waals surface area contributed by atoms with Gasteiger partial charge < -0.3 is 13.9 Å². The van der Waals surface area contributed by atoms with Gasteiger partial charge in [-0.3, -0.25) is 0 Å². The minimum Gasteiger partial charge on any atom is -0.467 e. The molecule has 4 nitrogen and oxygen atoms in total. The van der Waals surface area contributed by atoms with Gasteiger partial charge in [-0.05, 0) is 66.3 Å². The van der Waals surface area contributed by atoms with E-state index in [2.05, 4.69) is 82.1 Å². The molecule has 0 saturated carbocycles. The lowest BCUT2D eigenvalue weighted by atomic mass is 9.85. The van der Waals surface area contributed by atoms with Crippen LogP contribution in [0.1, 0.15) is 68.2 Å². The topological polar surface area (TPSA) is 44.8 Å². The minimum atomic E-state index is -1.82. The van der Waals surface area contributed by atoms with Gasteiger partial charge in [0.1, 0.15) is 0 Å². The first-order valence-corrected chi connectivity index (χ1v) is 14.9. The lowest BCUT2D eigenvalue weighted by Crippen LogP contribution is -2.47. The quantitative estimate of drug-likeness (QED) is 0.0983. The van der Waals surface area contributed by atoms with Gasteiger partial charge in [0, 0.05) is 7.11 Å². The maximum atomic E-state index is 11.9. The zero-order valence-electron chi connectivity index (χ0n) is 20.9. The van der Waals surface area contributed by atoms with Crippen LogP contribution in [0.3, 0.4) is 0 Å². The second-order valence-corrected chi connectivity index (χ2v) is 14.6. The van der Waals surface area contributed by atoms with Gasteiger partial charge in [-0.2, -0.15) is 0 Å². The maximum absolute atomic E-state index is 11.9. The number of esters is 1. The Labute approximate surface area is 200 Å². The van der Waals surface area contributed by atoms with Crippen LogP contribution in [0.2, 0.25) is 17.6 Å². The van der Waals surface area contributed by atoms with Gasteiger partial charge in [0.25, 0.3) is 0 Å². The number of allylic oxidation sites excluding steroid dienone is 2. The molecule has 0 saturated heterocycles. The van der Waals surface area contributed by atoms with Gasteiger partial charge in [-0.15, -0.1) is 0 Å². The van der Waals surface area contributed by atoms with Crippen molar-refractivity contribution < 1.29 is 18.7 Å². The average Bonchev–Trinajstić information content (AvgIpc) is 2.71. The summed E-state index contributed by atoms with van der Waals surface area (Å²) in [5, 5.41) is 0. The minimum absolute atomic E-state index is 0.188. The van der Waals surface area contributed by atoms with E-state index in [1.807, 2.05) is 6.08 Å². The van der Waals surface area contributed by atoms with Crippen LogP contribution < -0.4 is 0 Å². The third kappa shape index (κ3) is 9.13. The fraction of sp³-hybridized carbons (Fsp3) is 0.792. The van der Waals surface area contributed by atoms with E-state index in [4.69, 9.17) is 13.9 Å². The summed E-state index contributed by atoms with van der Waals surface area (Å²) < 4.78 is 19.4. The van der Waals surface area contributed by atoms with Crippen LogP contribution in [0.4, 0.5) is 0 Å². The van der Waals surface area contributed by atoms with Crippen LogP contribution in [-0.4, -0.2) is 40.7 Å². The van der Waals surface area contributed by atoms with Crippen LogP contribution in [0.15, 0.2) is 21.3 Å². The molecule has 0 aromatic rings. The normalized spacial score (nSPS) is 17.6. The molecule has 0 fully saturated rings. The van der Waals surface area contributed by atoms with Crippen LogP contribution in [-0.2, 0) is 18.7 Å². The van der Waals surface area contributed by atoms with Crippen molar-refractivity contribution in [2.24, 2.45) is 11.8 Å². The predicted molar refractivity (Wildman–Crippen MR) is 139 cm³/mol. The molecular weight excluding hydrogens is 507 g/mol. The number of hydrogen-bond acceptors (Lipinski definition) is 4. The van der Waals surface area contributed by atoms with E-state index in [1.165, 1.54) is 19.8 Å². The fourth-order valence-electron chi connectivity index (χ4n) is 4.40. The Morgan fingerprint density at radius 1 is 0.967 bits per heavy atom. The largest absolute Gasteiger partial charge is 0.467 e. The van der Waals surface area contributed by atoms with Crippen molar-refractivity contribution >= 4 is 36.9 Å². The molecule has 1 unspecified atom stereocenters. The molecule has 0 radical (unpaired) electrons. The zero-order valence-corrected chi connectivity index (χ0v) is 24.0. The molecule has 0 amide bonds. The van der Waals surface area contributed by atoms with Crippen molar-refractivity contribution in [1.29, 1.82) is 0 Å². The summed E-state index contributed by atoms with van der Waals surface area (Å²) in [5.74, 6) is 0.412. The number of ether oxygens (including phenoxy) is 2. The second-order valence-electron chi connectivity index (χ2n) is 9.02. The highest BCUT2D eigenvalue weighted by atomic mass is 127. The fourth-order valence-corrected chi connectivity index (χ4v) is 8.40. The number of hydrogen-bond donors (Lipinski definition) is 0. The van der Waals surface area contributed by atoms with E-state index in [0.29, 0.717) is 17.4 Å². The molecule has 176 valence electrons. The smallest absolute Gasteiger partial charge is 0.339 e. The van der Waals surface area contributed by atoms with Crippen molar-refractivity contribution in [3.8, 4) is 0 Å². The Morgan fingerprint density at radius 3 is 1.83 bits per heavy atom. The Morgan fingerprint density at radius 2 is 1.47 bits per heavy atom. The first kappa shape index (κ1) is 29.8. The Balaban J connectivity index is 5.75. The average molecular weight is 553 g/mol. The summed E-state index contributed by atoms with van der Waals surface area (Å²) in [6.07, 6.45) is 3.33. The lowest BCUT2D eigenvalue weighted by Gasteiger charge is -2.42. The van der Waals surface area contributed by atoms with E-state index < -0.39 is 14.4 Å². The van der Waals surface area contributed by atoms with Crippen molar-refractivity contribution in [1.82, 2.24) is 0 Å². The Hall–Kier alpha value is -0.183. The molecule has 0 N–H and O–H groups in total. The van der Waals surface area contributed by atoms with Gasteiger partial charge in [-0.25, -0.2) is 4.79 Å². The molecule has 4 atom stereocenters. The van der Waals surface area contributed by atoms with E-state index in [9.17, 15) is 4.79 Å². The summed E-state index contributed by atoms with van der Waals surface area (Å²) in [4.78, 5) is 11.9. The third-order valence-corrected chi connectivity index (χ3v) is 12.6. The molecule has 0 aromatic carbocycles. The van der Waals surface area contributed by atoms with Crippen LogP contribution in [0.5, 0.6) is 0 Å². The molecule has 0 aliphatic carbocycles. The molecule has 0 rings (SSSR count). The maximum Gasteiger partial charge on any atom is 0.339 e. The number of methoxy groups -OCH3 is 2. The highest BCUT2D eigenvalue weighted by Crippen LogP contribution is 2.37. The predicted octanol–water partition coefficient (Wildman–Crippen LogP) is 7.29. The van der Waals surface area contributed by atoms with Crippen LogP contribution >= 0.6 is 22.6 Å². The SMILES string of the molecule is CC[Si](CC)(O[C@H]([C@H](C)C/C(C)=C\C(OC)C(=O)OC)[C@@H](C)C/C(C)=C/I)C(C)C. The van der Waals surface area contributed by atoms with Crippen molar-refractivity contribution in [3.63, 3.8) is 0 Å². The van der Waals surface area contributed by atoms with Crippen LogP contribution in [0, 0.1) is 11.8 Å². The third-order valence-electron chi connectivity index (χ3n) is 6.34. The summed E-state index contributed by atoms with van der Waals surface area (Å²) in [6, 6.07) is 2.28. The van der Waals surface area contributed by atoms with Gasteiger partial charge in [0.05, 0.1) is 13.2 Å². The summed E-state index contributed by atoms with van der Waals surface area (Å²) in [5.41, 5.74) is 3.11. The first-order chi connectivity index (χ1) is 14.0. The number of rotatable bonds is 14. The van der Waals surface area contributed by atoms with Gasteiger partial charge >= 0.3 is 5.97 Å². The number of halogens is 1. The Bertz CT molecular complexity index is 570. The molecule has 30 heavy (non-hydrogen) atoms. The molecule has 0 aromatic heterocycles. The van der Waals surface area contributed by atoms with E-state index >= 15 is 0 Å². The second kappa shape index (κ2) is 14.8. The highest BCUT2D eigenvalue weighted by Gasteiger charge is 2.40. The van der Waals surface area contributed by atoms with E-state index in [-0.39, 0.29) is 12.1 Å². The summed E-state index contributed by atoms with van der Waals surface area (Å²) in [6.45, 7) is 18.1. The number of carbonyl (C=O) groups is 1. The van der Waals surface area contributed by atoms with E-state index in [0.717, 1.165) is 30.5 Å². The standard InChI is InChI=1S/C24H45IO4Si/c1-11-30(12-2,17(3)4)29-23(21(8)14-19(6)16-25)20(7)13-18(5)15-22(27-9)24(26)28-10/h15-17,20-23H,11-14H2,1-10H3/b18-15-,19-16+/t20-,21+,22?,23-/m1/s1. The monoisotopic (exact) mass is 552 g/mol. The molecule has 0 bridgehead atoms. The molecule has 0 aliphatic rings. The molecule has 0 spiro atoms. The van der Waals surface area contributed by atoms with Gasteiger partial charge in [0.15, 0.2) is 14.4 Å². The molecular formula is C24H45IO4Si.